The summed E-state index contributed by atoms with van der Waals surface area (Å²) in [6, 6.07) is 0. The Morgan fingerprint density at radius 1 is 1.36 bits per heavy atom. The van der Waals surface area contributed by atoms with Crippen LogP contribution in [0.1, 0.15) is 65.7 Å². The third kappa shape index (κ3) is 2.75. The predicted octanol–water partition coefficient (Wildman–Crippen LogP) is 5.88. The molecule has 1 heteroatoms. The molecule has 0 spiro atoms. The normalized spacial score (nSPS) is 38.2. The van der Waals surface area contributed by atoms with E-state index in [1.807, 2.05) is 6.08 Å². The van der Waals surface area contributed by atoms with Gasteiger partial charge in [0.1, 0.15) is 5.78 Å². The largest absolute Gasteiger partial charge is 0.299 e. The summed E-state index contributed by atoms with van der Waals surface area (Å²) in [5.74, 6) is 1.39. The van der Waals surface area contributed by atoms with Gasteiger partial charge in [-0.25, -0.2) is 0 Å². The van der Waals surface area contributed by atoms with Crippen LogP contribution >= 0.6 is 0 Å². The molecule has 0 aromatic carbocycles. The maximum atomic E-state index is 12.4. The fourth-order valence-electron chi connectivity index (χ4n) is 5.34. The SMILES string of the molecule is C=CC(=C)CCC1C(=C)CCC2C(C)(C(C)=O)CCCC12C. The Labute approximate surface area is 136 Å². The van der Waals surface area contributed by atoms with E-state index in [9.17, 15) is 4.79 Å². The highest BCUT2D eigenvalue weighted by Gasteiger charge is 2.55. The van der Waals surface area contributed by atoms with Crippen LogP contribution in [0.2, 0.25) is 0 Å². The van der Waals surface area contributed by atoms with Gasteiger partial charge in [0.15, 0.2) is 0 Å². The van der Waals surface area contributed by atoms with E-state index < -0.39 is 0 Å². The number of fused-ring (bicyclic) bond motifs is 1. The summed E-state index contributed by atoms with van der Waals surface area (Å²) in [6.07, 6.45) is 9.61. The lowest BCUT2D eigenvalue weighted by Crippen LogP contribution is -2.52. The lowest BCUT2D eigenvalue weighted by atomic mass is 9.46. The fraction of sp³-hybridized carbons (Fsp3) is 0.667. The zero-order valence-corrected chi connectivity index (χ0v) is 14.7. The van der Waals surface area contributed by atoms with Crippen LogP contribution in [0, 0.1) is 22.7 Å². The van der Waals surface area contributed by atoms with Crippen molar-refractivity contribution in [2.45, 2.75) is 65.7 Å². The van der Waals surface area contributed by atoms with Crippen LogP contribution in [0.3, 0.4) is 0 Å². The second-order valence-electron chi connectivity index (χ2n) is 8.04. The molecular weight excluding hydrogens is 268 g/mol. The average Bonchev–Trinajstić information content (AvgIpc) is 2.45. The Kier molecular flexibility index (Phi) is 4.84. The monoisotopic (exact) mass is 300 g/mol. The lowest BCUT2D eigenvalue weighted by Gasteiger charge is -2.58. The molecule has 0 N–H and O–H groups in total. The summed E-state index contributed by atoms with van der Waals surface area (Å²) in [7, 11) is 0. The topological polar surface area (TPSA) is 17.1 Å². The van der Waals surface area contributed by atoms with Gasteiger partial charge in [0.25, 0.3) is 0 Å². The molecule has 1 nitrogen and oxygen atoms in total. The van der Waals surface area contributed by atoms with Crippen LogP contribution in [-0.2, 0) is 4.79 Å². The fourth-order valence-corrected chi connectivity index (χ4v) is 5.34. The van der Waals surface area contributed by atoms with Crippen LogP contribution in [0.15, 0.2) is 37.0 Å². The Morgan fingerprint density at radius 2 is 2.05 bits per heavy atom. The molecule has 0 saturated heterocycles. The van der Waals surface area contributed by atoms with Gasteiger partial charge in [-0.2, -0.15) is 0 Å². The van der Waals surface area contributed by atoms with Gasteiger partial charge in [0.05, 0.1) is 0 Å². The number of ketones is 1. The number of hydrogen-bond donors (Lipinski definition) is 0. The van der Waals surface area contributed by atoms with Gasteiger partial charge < -0.3 is 0 Å². The molecule has 0 bridgehead atoms. The van der Waals surface area contributed by atoms with E-state index in [1.54, 1.807) is 6.92 Å². The molecule has 22 heavy (non-hydrogen) atoms. The third-order valence-electron chi connectivity index (χ3n) is 6.87. The van der Waals surface area contributed by atoms with Gasteiger partial charge in [0.2, 0.25) is 0 Å². The molecule has 2 aliphatic carbocycles. The Morgan fingerprint density at radius 3 is 2.64 bits per heavy atom. The van der Waals surface area contributed by atoms with Gasteiger partial charge in [-0.1, -0.05) is 57.2 Å². The van der Waals surface area contributed by atoms with E-state index in [1.165, 1.54) is 12.0 Å². The third-order valence-corrected chi connectivity index (χ3v) is 6.87. The van der Waals surface area contributed by atoms with Crippen molar-refractivity contribution in [1.82, 2.24) is 0 Å². The first-order valence-corrected chi connectivity index (χ1v) is 8.74. The Hall–Kier alpha value is -1.11. The summed E-state index contributed by atoms with van der Waals surface area (Å²) < 4.78 is 0. The number of carbonyl (C=O) groups excluding carboxylic acids is 1. The van der Waals surface area contributed by atoms with E-state index in [2.05, 4.69) is 33.6 Å². The van der Waals surface area contributed by atoms with Crippen molar-refractivity contribution in [2.75, 3.05) is 0 Å². The smallest absolute Gasteiger partial charge is 0.135 e. The summed E-state index contributed by atoms with van der Waals surface area (Å²) in [4.78, 5) is 12.4. The molecule has 0 aromatic rings. The molecule has 2 aliphatic rings. The molecule has 2 rings (SSSR count). The number of Topliss-reactive ketones (excluding diaryl/α,β-unsaturated/α-hetero) is 1. The van der Waals surface area contributed by atoms with E-state index in [4.69, 9.17) is 0 Å². The second kappa shape index (κ2) is 6.18. The van der Waals surface area contributed by atoms with Gasteiger partial charge in [-0.3, -0.25) is 4.79 Å². The highest BCUT2D eigenvalue weighted by molar-refractivity contribution is 5.82. The molecule has 4 atom stereocenters. The molecule has 2 saturated carbocycles. The number of carbonyl (C=O) groups is 1. The summed E-state index contributed by atoms with van der Waals surface area (Å²) in [5, 5.41) is 0. The van der Waals surface area contributed by atoms with E-state index in [0.29, 0.717) is 17.6 Å². The minimum atomic E-state index is -0.138. The summed E-state index contributed by atoms with van der Waals surface area (Å²) in [6.45, 7) is 18.7. The van der Waals surface area contributed by atoms with Crippen LogP contribution in [-0.4, -0.2) is 5.78 Å². The lowest BCUT2D eigenvalue weighted by molar-refractivity contribution is -0.141. The highest BCUT2D eigenvalue weighted by atomic mass is 16.1. The number of hydrogen-bond acceptors (Lipinski definition) is 1. The zero-order chi connectivity index (χ0) is 16.5. The van der Waals surface area contributed by atoms with Crippen molar-refractivity contribution in [1.29, 1.82) is 0 Å². The highest BCUT2D eigenvalue weighted by Crippen LogP contribution is 2.62. The average molecular weight is 300 g/mol. The molecule has 0 radical (unpaired) electrons. The van der Waals surface area contributed by atoms with Crippen molar-refractivity contribution in [3.05, 3.63) is 37.0 Å². The van der Waals surface area contributed by atoms with Crippen molar-refractivity contribution >= 4 is 5.78 Å². The quantitative estimate of drug-likeness (QED) is 0.458. The van der Waals surface area contributed by atoms with Crippen molar-refractivity contribution in [3.63, 3.8) is 0 Å². The molecule has 0 aliphatic heterocycles. The predicted molar refractivity (Wildman–Crippen MR) is 94.7 cm³/mol. The van der Waals surface area contributed by atoms with Crippen LogP contribution in [0.5, 0.6) is 0 Å². The van der Waals surface area contributed by atoms with E-state index >= 15 is 0 Å². The van der Waals surface area contributed by atoms with Gasteiger partial charge in [-0.05, 0) is 62.7 Å². The first-order valence-electron chi connectivity index (χ1n) is 8.74. The van der Waals surface area contributed by atoms with E-state index in [-0.39, 0.29) is 10.8 Å². The summed E-state index contributed by atoms with van der Waals surface area (Å²) in [5.41, 5.74) is 2.59. The molecule has 122 valence electrons. The minimum Gasteiger partial charge on any atom is -0.299 e. The first-order chi connectivity index (χ1) is 10.3. The van der Waals surface area contributed by atoms with Crippen LogP contribution < -0.4 is 0 Å². The van der Waals surface area contributed by atoms with Crippen LogP contribution in [0.4, 0.5) is 0 Å². The molecule has 4 unspecified atom stereocenters. The molecule has 2 fully saturated rings. The molecule has 0 aromatic heterocycles. The van der Waals surface area contributed by atoms with Crippen molar-refractivity contribution < 1.29 is 4.79 Å². The molecule has 0 heterocycles. The molecule has 0 amide bonds. The minimum absolute atomic E-state index is 0.138. The van der Waals surface area contributed by atoms with Crippen LogP contribution in [0.25, 0.3) is 0 Å². The first kappa shape index (κ1) is 17.2. The number of allylic oxidation sites excluding steroid dienone is 3. The zero-order valence-electron chi connectivity index (χ0n) is 14.7. The molecular formula is C21H32O. The van der Waals surface area contributed by atoms with E-state index in [0.717, 1.165) is 44.1 Å². The van der Waals surface area contributed by atoms with Gasteiger partial charge in [0, 0.05) is 5.41 Å². The second-order valence-corrected chi connectivity index (χ2v) is 8.04. The van der Waals surface area contributed by atoms with Crippen molar-refractivity contribution in [3.8, 4) is 0 Å². The number of rotatable bonds is 5. The van der Waals surface area contributed by atoms with Gasteiger partial charge in [-0.15, -0.1) is 0 Å². The Balaban J connectivity index is 2.30. The van der Waals surface area contributed by atoms with Crippen molar-refractivity contribution in [2.24, 2.45) is 22.7 Å². The van der Waals surface area contributed by atoms with Gasteiger partial charge >= 0.3 is 0 Å². The summed E-state index contributed by atoms with van der Waals surface area (Å²) >= 11 is 0. The maximum absolute atomic E-state index is 12.4. The maximum Gasteiger partial charge on any atom is 0.135 e. The Bertz CT molecular complexity index is 500. The standard InChI is InChI=1S/C21H32O/c1-7-15(2)9-11-18-16(3)10-12-19-20(5,17(4)22)13-8-14-21(18,19)6/h7,18-19H,1-3,8-14H2,4-6H3.